The molecule has 18 heavy (non-hydrogen) atoms. The zero-order valence-electron chi connectivity index (χ0n) is 9.88. The van der Waals surface area contributed by atoms with Crippen LogP contribution in [-0.2, 0) is 0 Å². The van der Waals surface area contributed by atoms with Gasteiger partial charge in [0.1, 0.15) is 0 Å². The lowest BCUT2D eigenvalue weighted by Crippen LogP contribution is -2.02. The predicted octanol–water partition coefficient (Wildman–Crippen LogP) is 3.23. The van der Waals surface area contributed by atoms with Gasteiger partial charge in [0.05, 0.1) is 6.61 Å². The summed E-state index contributed by atoms with van der Waals surface area (Å²) in [5.74, 6) is 0. The summed E-state index contributed by atoms with van der Waals surface area (Å²) in [6.45, 7) is 4.51. The molecule has 0 N–H and O–H groups in total. The average Bonchev–Trinajstić information content (AvgIpc) is 2.71. The quantitative estimate of drug-likeness (QED) is 0.845. The second-order valence-corrected chi connectivity index (χ2v) is 5.79. The first-order valence-electron chi connectivity index (χ1n) is 5.31. The lowest BCUT2D eigenvalue weighted by Gasteiger charge is -2.03. The van der Waals surface area contributed by atoms with E-state index in [1.165, 1.54) is 11.8 Å². The maximum absolute atomic E-state index is 5.83. The zero-order chi connectivity index (χ0) is 13.0. The first kappa shape index (κ1) is 13.5. The molecule has 2 aromatic rings. The molecule has 2 rings (SSSR count). The molecule has 0 radical (unpaired) electrons. The van der Waals surface area contributed by atoms with E-state index in [0.29, 0.717) is 11.8 Å². The topological polar surface area (TPSA) is 60.8 Å². The summed E-state index contributed by atoms with van der Waals surface area (Å²) in [6.07, 6.45) is 0.886. The largest absolute Gasteiger partial charge is 0.463 e. The van der Waals surface area contributed by atoms with E-state index in [0.717, 1.165) is 16.5 Å². The van der Waals surface area contributed by atoms with E-state index >= 15 is 0 Å². The lowest BCUT2D eigenvalue weighted by atomic mass is 10.5. The number of aryl methyl sites for hydroxylation is 1. The molecule has 0 aliphatic heterocycles. The van der Waals surface area contributed by atoms with E-state index in [1.807, 2.05) is 19.2 Å². The minimum Gasteiger partial charge on any atom is -0.463 e. The van der Waals surface area contributed by atoms with E-state index in [-0.39, 0.29) is 11.3 Å². The lowest BCUT2D eigenvalue weighted by molar-refractivity contribution is 0.288. The van der Waals surface area contributed by atoms with Gasteiger partial charge in [-0.05, 0) is 36.7 Å². The van der Waals surface area contributed by atoms with Gasteiger partial charge in [0.25, 0.3) is 0 Å². The van der Waals surface area contributed by atoms with E-state index in [2.05, 4.69) is 19.9 Å². The van der Waals surface area contributed by atoms with Crippen molar-refractivity contribution in [3.63, 3.8) is 0 Å². The molecule has 96 valence electrons. The SMILES string of the molecule is CCCOc1nc(Cl)nc(Sc2nc(C)cs2)n1. The highest BCUT2D eigenvalue weighted by atomic mass is 35.5. The standard InChI is InChI=1S/C10H11ClN4OS2/c1-3-4-16-8-13-7(11)14-9(15-8)18-10-12-6(2)5-17-10/h5H,3-4H2,1-2H3. The molecule has 0 aromatic carbocycles. The van der Waals surface area contributed by atoms with Crippen molar-refractivity contribution in [2.45, 2.75) is 29.8 Å². The van der Waals surface area contributed by atoms with Crippen LogP contribution in [0.25, 0.3) is 0 Å². The molecular weight excluding hydrogens is 292 g/mol. The Morgan fingerprint density at radius 1 is 1.33 bits per heavy atom. The van der Waals surface area contributed by atoms with E-state index in [4.69, 9.17) is 16.3 Å². The van der Waals surface area contributed by atoms with Crippen molar-refractivity contribution in [3.8, 4) is 6.01 Å². The Balaban J connectivity index is 2.14. The van der Waals surface area contributed by atoms with Crippen molar-refractivity contribution in [1.82, 2.24) is 19.9 Å². The molecule has 2 heterocycles. The summed E-state index contributed by atoms with van der Waals surface area (Å²) in [4.78, 5) is 16.4. The van der Waals surface area contributed by atoms with Gasteiger partial charge in [0.15, 0.2) is 4.34 Å². The van der Waals surface area contributed by atoms with Gasteiger partial charge in [0, 0.05) is 11.1 Å². The molecule has 0 aliphatic carbocycles. The number of rotatable bonds is 5. The highest BCUT2D eigenvalue weighted by molar-refractivity contribution is 8.00. The smallest absolute Gasteiger partial charge is 0.321 e. The maximum Gasteiger partial charge on any atom is 0.321 e. The third-order valence-electron chi connectivity index (χ3n) is 1.78. The second kappa shape index (κ2) is 6.31. The number of nitrogens with zero attached hydrogens (tertiary/aromatic N) is 4. The van der Waals surface area contributed by atoms with Gasteiger partial charge >= 0.3 is 6.01 Å². The Hall–Kier alpha value is -0.920. The van der Waals surface area contributed by atoms with Crippen LogP contribution in [0.5, 0.6) is 6.01 Å². The Kier molecular flexibility index (Phi) is 4.73. The Morgan fingerprint density at radius 3 is 2.83 bits per heavy atom. The normalized spacial score (nSPS) is 10.6. The molecule has 0 aliphatic rings. The molecule has 0 fully saturated rings. The van der Waals surface area contributed by atoms with Crippen molar-refractivity contribution in [1.29, 1.82) is 0 Å². The Bertz CT molecular complexity index is 534. The van der Waals surface area contributed by atoms with Crippen molar-refractivity contribution in [3.05, 3.63) is 16.4 Å². The van der Waals surface area contributed by atoms with Crippen molar-refractivity contribution >= 4 is 34.7 Å². The van der Waals surface area contributed by atoms with Gasteiger partial charge in [0.2, 0.25) is 10.4 Å². The second-order valence-electron chi connectivity index (χ2n) is 3.37. The number of hydrogen-bond acceptors (Lipinski definition) is 7. The minimum atomic E-state index is 0.131. The number of thiazole rings is 1. The van der Waals surface area contributed by atoms with Crippen LogP contribution in [0.3, 0.4) is 0 Å². The molecule has 0 amide bonds. The van der Waals surface area contributed by atoms with Crippen LogP contribution in [0.15, 0.2) is 14.9 Å². The molecule has 5 nitrogen and oxygen atoms in total. The van der Waals surface area contributed by atoms with E-state index < -0.39 is 0 Å². The molecule has 8 heteroatoms. The Labute approximate surface area is 118 Å². The first-order chi connectivity index (χ1) is 8.67. The fourth-order valence-electron chi connectivity index (χ4n) is 1.08. The molecule has 0 saturated heterocycles. The molecule has 0 spiro atoms. The summed E-state index contributed by atoms with van der Waals surface area (Å²) in [7, 11) is 0. The number of ether oxygens (including phenoxy) is 1. The van der Waals surface area contributed by atoms with Crippen LogP contribution in [0.1, 0.15) is 19.0 Å². The third kappa shape index (κ3) is 3.79. The molecule has 0 bridgehead atoms. The third-order valence-corrected chi connectivity index (χ3v) is 3.87. The fraction of sp³-hybridized carbons (Fsp3) is 0.400. The van der Waals surface area contributed by atoms with Gasteiger partial charge in [-0.3, -0.25) is 0 Å². The van der Waals surface area contributed by atoms with Crippen molar-refractivity contribution < 1.29 is 4.74 Å². The van der Waals surface area contributed by atoms with Gasteiger partial charge in [-0.15, -0.1) is 11.3 Å². The van der Waals surface area contributed by atoms with Gasteiger partial charge < -0.3 is 4.74 Å². The van der Waals surface area contributed by atoms with Crippen LogP contribution >= 0.6 is 34.7 Å². The highest BCUT2D eigenvalue weighted by Crippen LogP contribution is 2.28. The van der Waals surface area contributed by atoms with Gasteiger partial charge in [-0.25, -0.2) is 4.98 Å². The average molecular weight is 303 g/mol. The highest BCUT2D eigenvalue weighted by Gasteiger charge is 2.09. The molecular formula is C10H11ClN4OS2. The number of halogens is 1. The van der Waals surface area contributed by atoms with Crippen LogP contribution in [-0.4, -0.2) is 26.5 Å². The van der Waals surface area contributed by atoms with Gasteiger partial charge in [-0.2, -0.15) is 15.0 Å². The van der Waals surface area contributed by atoms with Crippen LogP contribution in [0, 0.1) is 6.92 Å². The predicted molar refractivity (Wildman–Crippen MR) is 71.6 cm³/mol. The first-order valence-corrected chi connectivity index (χ1v) is 7.39. The van der Waals surface area contributed by atoms with Crippen LogP contribution in [0.2, 0.25) is 5.28 Å². The summed E-state index contributed by atoms with van der Waals surface area (Å²) < 4.78 is 6.21. The van der Waals surface area contributed by atoms with E-state index in [9.17, 15) is 0 Å². The van der Waals surface area contributed by atoms with Gasteiger partial charge in [-0.1, -0.05) is 6.92 Å². The van der Waals surface area contributed by atoms with E-state index in [1.54, 1.807) is 11.3 Å². The monoisotopic (exact) mass is 302 g/mol. The Morgan fingerprint density at radius 2 is 2.17 bits per heavy atom. The summed E-state index contributed by atoms with van der Waals surface area (Å²) in [5.41, 5.74) is 0.977. The minimum absolute atomic E-state index is 0.131. The molecule has 2 aromatic heterocycles. The molecule has 0 atom stereocenters. The van der Waals surface area contributed by atoms with Crippen LogP contribution in [0.4, 0.5) is 0 Å². The number of aromatic nitrogens is 4. The van der Waals surface area contributed by atoms with Crippen LogP contribution < -0.4 is 4.74 Å². The molecule has 0 unspecified atom stereocenters. The summed E-state index contributed by atoms with van der Waals surface area (Å²) in [5, 5.41) is 2.60. The summed E-state index contributed by atoms with van der Waals surface area (Å²) >= 11 is 8.72. The fourth-order valence-corrected chi connectivity index (χ4v) is 2.96. The zero-order valence-corrected chi connectivity index (χ0v) is 12.3. The maximum atomic E-state index is 5.83. The summed E-state index contributed by atoms with van der Waals surface area (Å²) in [6, 6.07) is 0.257. The molecule has 0 saturated carbocycles. The number of hydrogen-bond donors (Lipinski definition) is 0. The van der Waals surface area contributed by atoms with Crippen molar-refractivity contribution in [2.24, 2.45) is 0 Å². The van der Waals surface area contributed by atoms with Crippen molar-refractivity contribution in [2.75, 3.05) is 6.61 Å².